The number of ether oxygens (including phenoxy) is 1. The van der Waals surface area contributed by atoms with E-state index in [1.165, 1.54) is 12.1 Å². The van der Waals surface area contributed by atoms with E-state index < -0.39 is 11.6 Å². The normalized spacial score (nSPS) is 21.1. The highest BCUT2D eigenvalue weighted by Crippen LogP contribution is 2.34. The van der Waals surface area contributed by atoms with Crippen molar-refractivity contribution in [1.82, 2.24) is 0 Å². The highest BCUT2D eigenvalue weighted by Gasteiger charge is 2.29. The van der Waals surface area contributed by atoms with Crippen molar-refractivity contribution < 1.29 is 13.5 Å². The molecule has 1 atom stereocenters. The van der Waals surface area contributed by atoms with Crippen molar-refractivity contribution in [2.45, 2.75) is 6.10 Å². The van der Waals surface area contributed by atoms with Crippen LogP contribution < -0.4 is 0 Å². The standard InChI is InChI=1S/C8H5BrF2O/c9-7-5(10)2-1-4(8(7)11)6-3-12-6/h1-2,6H,3H2/t6-/m1/s1. The summed E-state index contributed by atoms with van der Waals surface area (Å²) in [4.78, 5) is 0. The lowest BCUT2D eigenvalue weighted by Crippen LogP contribution is -1.92. The Bertz CT molecular complexity index is 323. The molecule has 4 heteroatoms. The molecule has 0 aliphatic carbocycles. The zero-order valence-electron chi connectivity index (χ0n) is 5.98. The molecule has 0 saturated carbocycles. The maximum atomic E-state index is 13.2. The van der Waals surface area contributed by atoms with Crippen LogP contribution in [-0.2, 0) is 4.74 Å². The zero-order chi connectivity index (χ0) is 8.72. The molecular weight excluding hydrogens is 230 g/mol. The number of hydrogen-bond donors (Lipinski definition) is 0. The SMILES string of the molecule is Fc1ccc([C@H]2CO2)c(F)c1Br. The number of rotatable bonds is 1. The van der Waals surface area contributed by atoms with E-state index in [0.717, 1.165) is 0 Å². The third-order valence-electron chi connectivity index (χ3n) is 1.75. The van der Waals surface area contributed by atoms with Gasteiger partial charge in [0.25, 0.3) is 0 Å². The van der Waals surface area contributed by atoms with Gasteiger partial charge >= 0.3 is 0 Å². The van der Waals surface area contributed by atoms with Gasteiger partial charge in [-0.15, -0.1) is 0 Å². The highest BCUT2D eigenvalue weighted by atomic mass is 79.9. The monoisotopic (exact) mass is 234 g/mol. The van der Waals surface area contributed by atoms with Gasteiger partial charge in [0, 0.05) is 5.56 Å². The van der Waals surface area contributed by atoms with Crippen LogP contribution in [0.2, 0.25) is 0 Å². The van der Waals surface area contributed by atoms with Crippen molar-refractivity contribution >= 4 is 15.9 Å². The van der Waals surface area contributed by atoms with Crippen LogP contribution in [0.4, 0.5) is 8.78 Å². The summed E-state index contributed by atoms with van der Waals surface area (Å²) in [7, 11) is 0. The highest BCUT2D eigenvalue weighted by molar-refractivity contribution is 9.10. The van der Waals surface area contributed by atoms with E-state index in [2.05, 4.69) is 15.9 Å². The molecule has 0 aromatic heterocycles. The van der Waals surface area contributed by atoms with E-state index in [9.17, 15) is 8.78 Å². The predicted molar refractivity (Wildman–Crippen MR) is 42.8 cm³/mol. The maximum absolute atomic E-state index is 13.2. The van der Waals surface area contributed by atoms with Crippen molar-refractivity contribution in [2.24, 2.45) is 0 Å². The first kappa shape index (κ1) is 8.13. The van der Waals surface area contributed by atoms with Crippen LogP contribution in [0.25, 0.3) is 0 Å². The minimum absolute atomic E-state index is 0.115. The number of hydrogen-bond acceptors (Lipinski definition) is 1. The summed E-state index contributed by atoms with van der Waals surface area (Å²) in [5.41, 5.74) is 0.420. The Morgan fingerprint density at radius 3 is 2.67 bits per heavy atom. The van der Waals surface area contributed by atoms with Gasteiger partial charge in [0.15, 0.2) is 0 Å². The smallest absolute Gasteiger partial charge is 0.146 e. The summed E-state index contributed by atoms with van der Waals surface area (Å²) >= 11 is 2.82. The van der Waals surface area contributed by atoms with Crippen molar-refractivity contribution in [3.8, 4) is 0 Å². The average Bonchev–Trinajstić information content (AvgIpc) is 2.84. The molecule has 1 aliphatic rings. The first-order valence-corrected chi connectivity index (χ1v) is 4.24. The topological polar surface area (TPSA) is 12.5 Å². The number of benzene rings is 1. The molecular formula is C8H5BrF2O. The summed E-state index contributed by atoms with van der Waals surface area (Å²) in [6.07, 6.45) is -0.179. The molecule has 0 N–H and O–H groups in total. The lowest BCUT2D eigenvalue weighted by molar-refractivity contribution is 0.406. The molecule has 0 unspecified atom stereocenters. The molecule has 0 amide bonds. The lowest BCUT2D eigenvalue weighted by Gasteiger charge is -2.01. The van der Waals surface area contributed by atoms with E-state index in [-0.39, 0.29) is 10.6 Å². The Hall–Kier alpha value is -0.480. The molecule has 1 fully saturated rings. The molecule has 12 heavy (non-hydrogen) atoms. The van der Waals surface area contributed by atoms with Crippen LogP contribution >= 0.6 is 15.9 Å². The molecule has 1 aromatic rings. The van der Waals surface area contributed by atoms with Crippen LogP contribution in [0.3, 0.4) is 0 Å². The van der Waals surface area contributed by atoms with E-state index in [4.69, 9.17) is 4.74 Å². The summed E-state index contributed by atoms with van der Waals surface area (Å²) in [6, 6.07) is 2.64. The molecule has 1 heterocycles. The van der Waals surface area contributed by atoms with Gasteiger partial charge in [-0.3, -0.25) is 0 Å². The molecule has 64 valence electrons. The first-order chi connectivity index (χ1) is 5.70. The van der Waals surface area contributed by atoms with Crippen LogP contribution in [-0.4, -0.2) is 6.61 Å². The van der Waals surface area contributed by atoms with Crippen LogP contribution in [0.5, 0.6) is 0 Å². The molecule has 1 aliphatic heterocycles. The third kappa shape index (κ3) is 1.25. The second kappa shape index (κ2) is 2.78. The summed E-state index contributed by atoms with van der Waals surface area (Å²) in [5.74, 6) is -1.14. The minimum Gasteiger partial charge on any atom is -0.368 e. The van der Waals surface area contributed by atoms with Gasteiger partial charge in [0.05, 0.1) is 11.1 Å². The fourth-order valence-electron chi connectivity index (χ4n) is 1.02. The Morgan fingerprint density at radius 2 is 2.08 bits per heavy atom. The van der Waals surface area contributed by atoms with Gasteiger partial charge in [-0.05, 0) is 22.0 Å². The molecule has 1 aromatic carbocycles. The summed E-state index contributed by atoms with van der Waals surface area (Å²) in [6.45, 7) is 0.523. The van der Waals surface area contributed by atoms with Gasteiger partial charge < -0.3 is 4.74 Å². The van der Waals surface area contributed by atoms with Crippen LogP contribution in [0, 0.1) is 11.6 Å². The maximum Gasteiger partial charge on any atom is 0.146 e. The molecule has 1 saturated heterocycles. The first-order valence-electron chi connectivity index (χ1n) is 3.45. The fraction of sp³-hybridized carbons (Fsp3) is 0.250. The van der Waals surface area contributed by atoms with Crippen molar-refractivity contribution in [3.63, 3.8) is 0 Å². The molecule has 2 rings (SSSR count). The summed E-state index contributed by atoms with van der Waals surface area (Å²) < 4.78 is 30.7. The van der Waals surface area contributed by atoms with E-state index in [1.807, 2.05) is 0 Å². The Labute approximate surface area is 76.5 Å². The quantitative estimate of drug-likeness (QED) is 0.538. The van der Waals surface area contributed by atoms with Crippen LogP contribution in [0.15, 0.2) is 16.6 Å². The van der Waals surface area contributed by atoms with Gasteiger partial charge in [0.2, 0.25) is 0 Å². The molecule has 1 nitrogen and oxygen atoms in total. The predicted octanol–water partition coefficient (Wildman–Crippen LogP) is 2.80. The zero-order valence-corrected chi connectivity index (χ0v) is 7.57. The van der Waals surface area contributed by atoms with Gasteiger partial charge in [-0.1, -0.05) is 6.07 Å². The van der Waals surface area contributed by atoms with E-state index in [1.54, 1.807) is 0 Å². The average molecular weight is 235 g/mol. The Morgan fingerprint density at radius 1 is 1.42 bits per heavy atom. The van der Waals surface area contributed by atoms with E-state index in [0.29, 0.717) is 12.2 Å². The van der Waals surface area contributed by atoms with Crippen molar-refractivity contribution in [2.75, 3.05) is 6.61 Å². The largest absolute Gasteiger partial charge is 0.368 e. The van der Waals surface area contributed by atoms with Gasteiger partial charge in [-0.2, -0.15) is 0 Å². The second-order valence-corrected chi connectivity index (χ2v) is 3.38. The fourth-order valence-corrected chi connectivity index (χ4v) is 1.38. The lowest BCUT2D eigenvalue weighted by atomic mass is 10.1. The Balaban J connectivity index is 2.49. The third-order valence-corrected chi connectivity index (χ3v) is 2.47. The second-order valence-electron chi connectivity index (χ2n) is 2.59. The molecule has 0 radical (unpaired) electrons. The number of halogens is 3. The van der Waals surface area contributed by atoms with Gasteiger partial charge in [-0.25, -0.2) is 8.78 Å². The molecule has 0 spiro atoms. The number of epoxide rings is 1. The van der Waals surface area contributed by atoms with E-state index >= 15 is 0 Å². The minimum atomic E-state index is -0.586. The van der Waals surface area contributed by atoms with Gasteiger partial charge in [0.1, 0.15) is 17.7 Å². The molecule has 0 bridgehead atoms. The Kier molecular flexibility index (Phi) is 1.88. The summed E-state index contributed by atoms with van der Waals surface area (Å²) in [5, 5.41) is 0. The van der Waals surface area contributed by atoms with Crippen molar-refractivity contribution in [3.05, 3.63) is 33.8 Å². The van der Waals surface area contributed by atoms with Crippen LogP contribution in [0.1, 0.15) is 11.7 Å². The van der Waals surface area contributed by atoms with Crippen molar-refractivity contribution in [1.29, 1.82) is 0 Å².